The highest BCUT2D eigenvalue weighted by atomic mass is 16.5. The van der Waals surface area contributed by atoms with Gasteiger partial charge < -0.3 is 9.84 Å². The van der Waals surface area contributed by atoms with Crippen LogP contribution in [0.3, 0.4) is 0 Å². The Kier molecular flexibility index (Phi) is 8.78. The van der Waals surface area contributed by atoms with Gasteiger partial charge in [-0.05, 0) is 67.4 Å². The second kappa shape index (κ2) is 12.4. The molecular formula is C32H43N5O2. The normalized spacial score (nSPS) is 19.2. The quantitative estimate of drug-likeness (QED) is 0.413. The van der Waals surface area contributed by atoms with Gasteiger partial charge in [-0.15, -0.1) is 0 Å². The second-order valence-corrected chi connectivity index (χ2v) is 12.3. The van der Waals surface area contributed by atoms with Crippen molar-refractivity contribution in [1.29, 1.82) is 0 Å². The highest BCUT2D eigenvalue weighted by molar-refractivity contribution is 5.79. The average Bonchev–Trinajstić information content (AvgIpc) is 3.41. The Hall–Kier alpha value is -3.03. The number of nitrogens with one attached hydrogen (secondary N) is 1. The number of likely N-dealkylation sites (tertiary alicyclic amines) is 2. The van der Waals surface area contributed by atoms with E-state index in [1.807, 2.05) is 0 Å². The molecule has 2 aromatic carbocycles. The highest BCUT2D eigenvalue weighted by Gasteiger charge is 2.27. The molecule has 0 aliphatic carbocycles. The summed E-state index contributed by atoms with van der Waals surface area (Å²) in [6, 6.07) is 17.1. The van der Waals surface area contributed by atoms with Crippen molar-refractivity contribution >= 4 is 5.91 Å². The molecule has 7 heteroatoms. The molecule has 1 aromatic heterocycles. The van der Waals surface area contributed by atoms with Gasteiger partial charge in [0.1, 0.15) is 0 Å². The number of rotatable bonds is 8. The number of amides is 1. The van der Waals surface area contributed by atoms with Crippen LogP contribution in [0.4, 0.5) is 0 Å². The van der Waals surface area contributed by atoms with E-state index in [9.17, 15) is 4.79 Å². The van der Waals surface area contributed by atoms with Gasteiger partial charge in [0.05, 0.1) is 12.5 Å². The summed E-state index contributed by atoms with van der Waals surface area (Å²) >= 11 is 0. The van der Waals surface area contributed by atoms with Gasteiger partial charge in [0.15, 0.2) is 0 Å². The van der Waals surface area contributed by atoms with Gasteiger partial charge in [-0.2, -0.15) is 4.98 Å². The maximum atomic E-state index is 13.0. The van der Waals surface area contributed by atoms with Crippen LogP contribution >= 0.6 is 0 Å². The van der Waals surface area contributed by atoms with Gasteiger partial charge in [0, 0.05) is 25.2 Å². The van der Waals surface area contributed by atoms with Gasteiger partial charge in [0.2, 0.25) is 17.6 Å². The molecule has 2 aliphatic rings. The SMILES string of the molecule is CC(C)(C)c1ccc(-c2noc(CN3CCCC(C(=O)NCc4ccc(CN5CCCCC5)cc4)C3)n2)cc1. The van der Waals surface area contributed by atoms with Crippen LogP contribution in [0.5, 0.6) is 0 Å². The zero-order valence-electron chi connectivity index (χ0n) is 23.8. The van der Waals surface area contributed by atoms with E-state index in [1.165, 1.54) is 43.5 Å². The highest BCUT2D eigenvalue weighted by Crippen LogP contribution is 2.25. The standard InChI is InChI=1S/C32H43N5O2/c1-32(2,3)28-15-13-26(14-16-28)30-34-29(39-35-30)23-37-19-7-8-27(22-37)31(38)33-20-24-9-11-25(12-10-24)21-36-17-5-4-6-18-36/h9-16,27H,4-8,17-23H2,1-3H3,(H,33,38). The summed E-state index contributed by atoms with van der Waals surface area (Å²) in [5.74, 6) is 1.31. The Labute approximate surface area is 233 Å². The third kappa shape index (κ3) is 7.55. The Balaban J connectivity index is 1.09. The van der Waals surface area contributed by atoms with Crippen molar-refractivity contribution in [2.24, 2.45) is 5.92 Å². The largest absolute Gasteiger partial charge is 0.352 e. The molecule has 39 heavy (non-hydrogen) atoms. The number of nitrogens with zero attached hydrogens (tertiary/aromatic N) is 4. The number of hydrogen-bond acceptors (Lipinski definition) is 6. The minimum absolute atomic E-state index is 0.0236. The molecule has 7 nitrogen and oxygen atoms in total. The first kappa shape index (κ1) is 27.5. The summed E-state index contributed by atoms with van der Waals surface area (Å²) in [6.07, 6.45) is 5.87. The lowest BCUT2D eigenvalue weighted by Crippen LogP contribution is -2.42. The van der Waals surface area contributed by atoms with Crippen LogP contribution in [0.2, 0.25) is 0 Å². The van der Waals surface area contributed by atoms with Crippen molar-refractivity contribution in [2.75, 3.05) is 26.2 Å². The summed E-state index contributed by atoms with van der Waals surface area (Å²) in [5, 5.41) is 7.37. The Morgan fingerprint density at radius 1 is 0.897 bits per heavy atom. The zero-order valence-corrected chi connectivity index (χ0v) is 23.8. The van der Waals surface area contributed by atoms with Crippen LogP contribution < -0.4 is 5.32 Å². The number of carbonyl (C=O) groups is 1. The van der Waals surface area contributed by atoms with Gasteiger partial charge in [-0.25, -0.2) is 0 Å². The fourth-order valence-electron chi connectivity index (χ4n) is 5.63. The zero-order chi connectivity index (χ0) is 27.2. The summed E-state index contributed by atoms with van der Waals surface area (Å²) in [6.45, 7) is 12.8. The van der Waals surface area contributed by atoms with E-state index in [4.69, 9.17) is 4.52 Å². The van der Waals surface area contributed by atoms with Crippen LogP contribution in [0.15, 0.2) is 53.1 Å². The Bertz CT molecular complexity index is 1210. The van der Waals surface area contributed by atoms with Crippen LogP contribution in [0.25, 0.3) is 11.4 Å². The van der Waals surface area contributed by atoms with E-state index in [-0.39, 0.29) is 17.2 Å². The lowest BCUT2D eigenvalue weighted by atomic mass is 9.87. The fourth-order valence-corrected chi connectivity index (χ4v) is 5.63. The molecule has 5 rings (SSSR count). The molecule has 208 valence electrons. The number of hydrogen-bond donors (Lipinski definition) is 1. The van der Waals surface area contributed by atoms with E-state index in [0.29, 0.717) is 31.3 Å². The molecule has 1 N–H and O–H groups in total. The molecular weight excluding hydrogens is 486 g/mol. The van der Waals surface area contributed by atoms with Gasteiger partial charge in [-0.1, -0.05) is 80.9 Å². The van der Waals surface area contributed by atoms with E-state index in [2.05, 4.69) is 94.6 Å². The van der Waals surface area contributed by atoms with Crippen molar-refractivity contribution in [3.05, 3.63) is 71.1 Å². The Morgan fingerprint density at radius 2 is 1.59 bits per heavy atom. The summed E-state index contributed by atoms with van der Waals surface area (Å²) in [4.78, 5) is 22.4. The predicted octanol–water partition coefficient (Wildman–Crippen LogP) is 5.55. The Morgan fingerprint density at radius 3 is 2.31 bits per heavy atom. The van der Waals surface area contributed by atoms with Crippen molar-refractivity contribution < 1.29 is 9.32 Å². The van der Waals surface area contributed by atoms with Gasteiger partial charge in [-0.3, -0.25) is 14.6 Å². The van der Waals surface area contributed by atoms with E-state index >= 15 is 0 Å². The number of carbonyl (C=O) groups excluding carboxylic acids is 1. The van der Waals surface area contributed by atoms with Crippen LogP contribution in [0.1, 0.15) is 75.5 Å². The van der Waals surface area contributed by atoms with Crippen molar-refractivity contribution in [1.82, 2.24) is 25.3 Å². The molecule has 0 saturated carbocycles. The lowest BCUT2D eigenvalue weighted by molar-refractivity contribution is -0.127. The third-order valence-corrected chi connectivity index (χ3v) is 8.06. The molecule has 3 heterocycles. The minimum Gasteiger partial charge on any atom is -0.352 e. The second-order valence-electron chi connectivity index (χ2n) is 12.3. The molecule has 1 amide bonds. The maximum Gasteiger partial charge on any atom is 0.241 e. The van der Waals surface area contributed by atoms with E-state index in [0.717, 1.165) is 37.1 Å². The summed E-state index contributed by atoms with van der Waals surface area (Å²) < 4.78 is 5.57. The van der Waals surface area contributed by atoms with Crippen LogP contribution in [0, 0.1) is 5.92 Å². The third-order valence-electron chi connectivity index (χ3n) is 8.06. The molecule has 2 saturated heterocycles. The van der Waals surface area contributed by atoms with E-state index in [1.54, 1.807) is 0 Å². The summed E-state index contributed by atoms with van der Waals surface area (Å²) in [5.41, 5.74) is 4.83. The van der Waals surface area contributed by atoms with Gasteiger partial charge in [0.25, 0.3) is 0 Å². The topological polar surface area (TPSA) is 74.5 Å². The first-order valence-electron chi connectivity index (χ1n) is 14.6. The average molecular weight is 530 g/mol. The lowest BCUT2D eigenvalue weighted by Gasteiger charge is -2.30. The predicted molar refractivity (Wildman–Crippen MR) is 154 cm³/mol. The van der Waals surface area contributed by atoms with Crippen LogP contribution in [-0.2, 0) is 29.8 Å². The van der Waals surface area contributed by atoms with Crippen molar-refractivity contribution in [3.8, 4) is 11.4 Å². The first-order valence-corrected chi connectivity index (χ1v) is 14.6. The molecule has 3 aromatic rings. The fraction of sp³-hybridized carbons (Fsp3) is 0.531. The molecule has 1 atom stereocenters. The monoisotopic (exact) mass is 529 g/mol. The maximum absolute atomic E-state index is 13.0. The molecule has 0 radical (unpaired) electrons. The molecule has 0 bridgehead atoms. The number of benzene rings is 2. The first-order chi connectivity index (χ1) is 18.8. The number of piperidine rings is 2. The molecule has 1 unspecified atom stereocenters. The molecule has 0 spiro atoms. The van der Waals surface area contributed by atoms with Gasteiger partial charge >= 0.3 is 0 Å². The summed E-state index contributed by atoms with van der Waals surface area (Å²) in [7, 11) is 0. The van der Waals surface area contributed by atoms with E-state index < -0.39 is 0 Å². The van der Waals surface area contributed by atoms with Crippen LogP contribution in [-0.4, -0.2) is 52.0 Å². The molecule has 2 fully saturated rings. The molecule has 2 aliphatic heterocycles. The van der Waals surface area contributed by atoms with Crippen molar-refractivity contribution in [2.45, 2.75) is 77.9 Å². The number of aromatic nitrogens is 2. The smallest absolute Gasteiger partial charge is 0.241 e. The van der Waals surface area contributed by atoms with Crippen molar-refractivity contribution in [3.63, 3.8) is 0 Å². The minimum atomic E-state index is -0.0236.